The van der Waals surface area contributed by atoms with Crippen molar-refractivity contribution in [1.29, 1.82) is 0 Å². The number of aromatic nitrogens is 4. The fraction of sp³-hybridized carbons (Fsp3) is 0.0500. The van der Waals surface area contributed by atoms with Gasteiger partial charge in [0.05, 0.1) is 17.4 Å². The third-order valence-electron chi connectivity index (χ3n) is 3.96. The number of aryl methyl sites for hydroxylation is 1. The van der Waals surface area contributed by atoms with Gasteiger partial charge in [-0.05, 0) is 36.4 Å². The van der Waals surface area contributed by atoms with Gasteiger partial charge in [0.2, 0.25) is 0 Å². The molecule has 0 aliphatic heterocycles. The Morgan fingerprint density at radius 3 is 2.56 bits per heavy atom. The summed E-state index contributed by atoms with van der Waals surface area (Å²) in [4.78, 5) is 17.8. The Hall–Kier alpha value is -3.32. The molecule has 0 atom stereocenters. The Kier molecular flexibility index (Phi) is 4.76. The van der Waals surface area contributed by atoms with Crippen LogP contribution >= 0.6 is 11.8 Å². The van der Waals surface area contributed by atoms with E-state index in [1.807, 2.05) is 72.4 Å². The number of anilines is 1. The molecule has 2 aromatic carbocycles. The molecular formula is C20H17N5OS. The minimum absolute atomic E-state index is 0.193. The number of nitrogens with one attached hydrogen (secondary N) is 1. The van der Waals surface area contributed by atoms with E-state index in [-0.39, 0.29) is 5.91 Å². The van der Waals surface area contributed by atoms with Crippen molar-refractivity contribution in [2.24, 2.45) is 7.05 Å². The number of carbonyl (C=O) groups is 1. The van der Waals surface area contributed by atoms with E-state index in [2.05, 4.69) is 15.4 Å². The molecule has 0 saturated carbocycles. The number of hydrogen-bond donors (Lipinski definition) is 1. The molecule has 0 radical (unpaired) electrons. The first-order valence-corrected chi connectivity index (χ1v) is 9.17. The summed E-state index contributed by atoms with van der Waals surface area (Å²) in [5, 5.41) is 8.07. The van der Waals surface area contributed by atoms with Crippen LogP contribution in [0.3, 0.4) is 0 Å². The van der Waals surface area contributed by atoms with Gasteiger partial charge in [0.25, 0.3) is 5.91 Å². The van der Waals surface area contributed by atoms with Gasteiger partial charge in [-0.3, -0.25) is 4.79 Å². The maximum atomic E-state index is 12.5. The molecule has 1 amide bonds. The Morgan fingerprint density at radius 2 is 1.85 bits per heavy atom. The van der Waals surface area contributed by atoms with Crippen LogP contribution < -0.4 is 5.32 Å². The summed E-state index contributed by atoms with van der Waals surface area (Å²) in [6.07, 6.45) is 6.96. The molecule has 0 unspecified atom stereocenters. The number of hydrogen-bond acceptors (Lipinski definition) is 4. The number of nitrogens with zero attached hydrogens (tertiary/aromatic N) is 4. The number of para-hydroxylation sites is 1. The smallest absolute Gasteiger partial charge is 0.258 e. The highest BCUT2D eigenvalue weighted by Crippen LogP contribution is 2.26. The van der Waals surface area contributed by atoms with E-state index in [0.717, 1.165) is 21.4 Å². The third-order valence-corrected chi connectivity index (χ3v) is 5.05. The summed E-state index contributed by atoms with van der Waals surface area (Å²) >= 11 is 1.57. The second-order valence-electron chi connectivity index (χ2n) is 5.91. The van der Waals surface area contributed by atoms with Gasteiger partial charge in [0.15, 0.2) is 5.16 Å². The van der Waals surface area contributed by atoms with E-state index < -0.39 is 0 Å². The average Bonchev–Trinajstić information content (AvgIpc) is 3.34. The van der Waals surface area contributed by atoms with Gasteiger partial charge in [-0.1, -0.05) is 30.0 Å². The quantitative estimate of drug-likeness (QED) is 0.572. The van der Waals surface area contributed by atoms with E-state index in [9.17, 15) is 4.79 Å². The molecular weight excluding hydrogens is 358 g/mol. The lowest BCUT2D eigenvalue weighted by atomic mass is 10.3. The Labute approximate surface area is 160 Å². The van der Waals surface area contributed by atoms with Crippen molar-refractivity contribution in [3.8, 4) is 5.69 Å². The zero-order valence-corrected chi connectivity index (χ0v) is 15.4. The summed E-state index contributed by atoms with van der Waals surface area (Å²) in [5.41, 5.74) is 2.15. The number of imidazole rings is 1. The van der Waals surface area contributed by atoms with Crippen LogP contribution in [0.25, 0.3) is 5.69 Å². The summed E-state index contributed by atoms with van der Waals surface area (Å²) in [6, 6.07) is 17.4. The standard InChI is InChI=1S/C20H17N5OS/c1-24-12-11-21-20(24)27-18-9-7-16(8-10-18)23-19(26)15-13-22-25(14-15)17-5-3-2-4-6-17/h2-14H,1H3,(H,23,26). The molecule has 4 aromatic rings. The van der Waals surface area contributed by atoms with Gasteiger partial charge in [-0.2, -0.15) is 5.10 Å². The molecule has 7 heteroatoms. The van der Waals surface area contributed by atoms with Gasteiger partial charge < -0.3 is 9.88 Å². The van der Waals surface area contributed by atoms with Crippen LogP contribution in [-0.4, -0.2) is 25.2 Å². The van der Waals surface area contributed by atoms with E-state index in [4.69, 9.17) is 0 Å². The lowest BCUT2D eigenvalue weighted by Crippen LogP contribution is -2.10. The second-order valence-corrected chi connectivity index (χ2v) is 6.95. The maximum absolute atomic E-state index is 12.5. The van der Waals surface area contributed by atoms with E-state index in [1.54, 1.807) is 35.0 Å². The summed E-state index contributed by atoms with van der Waals surface area (Å²) in [6.45, 7) is 0. The largest absolute Gasteiger partial charge is 0.329 e. The van der Waals surface area contributed by atoms with Crippen molar-refractivity contribution in [2.75, 3.05) is 5.32 Å². The highest BCUT2D eigenvalue weighted by molar-refractivity contribution is 7.99. The molecule has 0 saturated heterocycles. The fourth-order valence-corrected chi connectivity index (χ4v) is 3.33. The van der Waals surface area contributed by atoms with Crippen molar-refractivity contribution in [3.05, 3.63) is 84.9 Å². The molecule has 6 nitrogen and oxygen atoms in total. The summed E-state index contributed by atoms with van der Waals surface area (Å²) in [7, 11) is 1.96. The van der Waals surface area contributed by atoms with Crippen LogP contribution in [0.1, 0.15) is 10.4 Å². The van der Waals surface area contributed by atoms with Crippen molar-refractivity contribution in [1.82, 2.24) is 19.3 Å². The monoisotopic (exact) mass is 375 g/mol. The molecule has 0 bridgehead atoms. The first-order valence-electron chi connectivity index (χ1n) is 8.36. The van der Waals surface area contributed by atoms with Crippen molar-refractivity contribution in [2.45, 2.75) is 10.1 Å². The SMILES string of the molecule is Cn1ccnc1Sc1ccc(NC(=O)c2cnn(-c3ccccc3)c2)cc1. The molecule has 0 aliphatic carbocycles. The van der Waals surface area contributed by atoms with Gasteiger partial charge >= 0.3 is 0 Å². The number of amides is 1. The molecule has 1 N–H and O–H groups in total. The Bertz CT molecular complexity index is 1050. The van der Waals surface area contributed by atoms with Gasteiger partial charge in [-0.25, -0.2) is 9.67 Å². The normalized spacial score (nSPS) is 10.7. The molecule has 0 spiro atoms. The van der Waals surface area contributed by atoms with Gasteiger partial charge in [0, 0.05) is 36.2 Å². The topological polar surface area (TPSA) is 64.7 Å². The van der Waals surface area contributed by atoms with Crippen LogP contribution in [0.4, 0.5) is 5.69 Å². The van der Waals surface area contributed by atoms with E-state index in [0.29, 0.717) is 5.56 Å². The Balaban J connectivity index is 1.42. The molecule has 2 aromatic heterocycles. The number of rotatable bonds is 5. The summed E-state index contributed by atoms with van der Waals surface area (Å²) < 4.78 is 3.65. The van der Waals surface area contributed by atoms with E-state index >= 15 is 0 Å². The number of carbonyl (C=O) groups excluding carboxylic acids is 1. The van der Waals surface area contributed by atoms with E-state index in [1.165, 1.54) is 0 Å². The molecule has 134 valence electrons. The predicted octanol–water partition coefficient (Wildman–Crippen LogP) is 4.01. The zero-order chi connectivity index (χ0) is 18.6. The van der Waals surface area contributed by atoms with Gasteiger partial charge in [-0.15, -0.1) is 0 Å². The second kappa shape index (κ2) is 7.51. The lowest BCUT2D eigenvalue weighted by molar-refractivity contribution is 0.102. The van der Waals surface area contributed by atoms with Crippen LogP contribution in [0.15, 0.2) is 89.4 Å². The highest BCUT2D eigenvalue weighted by atomic mass is 32.2. The molecule has 0 fully saturated rings. The molecule has 4 rings (SSSR count). The molecule has 27 heavy (non-hydrogen) atoms. The van der Waals surface area contributed by atoms with Crippen molar-refractivity contribution < 1.29 is 4.79 Å². The molecule has 2 heterocycles. The summed E-state index contributed by atoms with van der Waals surface area (Å²) in [5.74, 6) is -0.193. The predicted molar refractivity (Wildman–Crippen MR) is 105 cm³/mol. The van der Waals surface area contributed by atoms with Crippen LogP contribution in [0, 0.1) is 0 Å². The van der Waals surface area contributed by atoms with Crippen LogP contribution in [-0.2, 0) is 7.05 Å². The average molecular weight is 375 g/mol. The van der Waals surface area contributed by atoms with Crippen molar-refractivity contribution in [3.63, 3.8) is 0 Å². The molecule has 0 aliphatic rings. The highest BCUT2D eigenvalue weighted by Gasteiger charge is 2.10. The maximum Gasteiger partial charge on any atom is 0.258 e. The third kappa shape index (κ3) is 3.93. The number of benzene rings is 2. The van der Waals surface area contributed by atoms with Crippen molar-refractivity contribution >= 4 is 23.4 Å². The fourth-order valence-electron chi connectivity index (χ4n) is 2.53. The minimum Gasteiger partial charge on any atom is -0.329 e. The van der Waals surface area contributed by atoms with Crippen LogP contribution in [0.5, 0.6) is 0 Å². The first kappa shape index (κ1) is 17.1. The van der Waals surface area contributed by atoms with Gasteiger partial charge in [0.1, 0.15) is 0 Å². The lowest BCUT2D eigenvalue weighted by Gasteiger charge is -2.05. The Morgan fingerprint density at radius 1 is 1.07 bits per heavy atom. The first-order chi connectivity index (χ1) is 13.2. The van der Waals surface area contributed by atoms with Crippen LogP contribution in [0.2, 0.25) is 0 Å². The minimum atomic E-state index is -0.193. The zero-order valence-electron chi connectivity index (χ0n) is 14.6.